The molecule has 1 saturated carbocycles. The van der Waals surface area contributed by atoms with E-state index in [2.05, 4.69) is 42.2 Å². The second kappa shape index (κ2) is 5.96. The van der Waals surface area contributed by atoms with Crippen molar-refractivity contribution in [2.45, 2.75) is 24.1 Å². The smallest absolute Gasteiger partial charge is 0.271 e. The van der Waals surface area contributed by atoms with Crippen LogP contribution in [0.25, 0.3) is 0 Å². The Bertz CT molecular complexity index is 411. The van der Waals surface area contributed by atoms with Crippen molar-refractivity contribution in [2.24, 2.45) is 5.92 Å². The molecule has 0 aliphatic heterocycles. The van der Waals surface area contributed by atoms with Gasteiger partial charge in [-0.05, 0) is 46.8 Å². The van der Waals surface area contributed by atoms with Gasteiger partial charge in [-0.2, -0.15) is 0 Å². The van der Waals surface area contributed by atoms with Gasteiger partial charge in [0.15, 0.2) is 0 Å². The molecule has 0 saturated heterocycles. The molecule has 1 aromatic heterocycles. The molecule has 1 heterocycles. The predicted molar refractivity (Wildman–Crippen MR) is 74.3 cm³/mol. The molecule has 1 amide bonds. The first-order chi connectivity index (χ1) is 8.18. The normalized spacial score (nSPS) is 23.6. The Morgan fingerprint density at radius 3 is 3.00 bits per heavy atom. The summed E-state index contributed by atoms with van der Waals surface area (Å²) >= 11 is 6.98. The van der Waals surface area contributed by atoms with E-state index in [1.807, 2.05) is 6.07 Å². The monoisotopic (exact) mass is 360 g/mol. The fourth-order valence-electron chi connectivity index (χ4n) is 2.08. The molecule has 3 nitrogen and oxygen atoms in total. The van der Waals surface area contributed by atoms with Crippen molar-refractivity contribution in [1.29, 1.82) is 0 Å². The average Bonchev–Trinajstić information content (AvgIpc) is 2.72. The number of pyridine rings is 1. The number of nitrogens with zero attached hydrogens (tertiary/aromatic N) is 1. The maximum atomic E-state index is 11.9. The summed E-state index contributed by atoms with van der Waals surface area (Å²) in [6, 6.07) is 3.62. The quantitative estimate of drug-likeness (QED) is 0.840. The van der Waals surface area contributed by atoms with E-state index in [1.165, 1.54) is 19.3 Å². The van der Waals surface area contributed by atoms with E-state index in [0.29, 0.717) is 16.4 Å². The fraction of sp³-hybridized carbons (Fsp3) is 0.500. The minimum atomic E-state index is -0.107. The zero-order valence-corrected chi connectivity index (χ0v) is 12.5. The van der Waals surface area contributed by atoms with Gasteiger partial charge >= 0.3 is 0 Å². The van der Waals surface area contributed by atoms with Crippen LogP contribution in [0, 0.1) is 5.92 Å². The van der Waals surface area contributed by atoms with E-state index in [1.54, 1.807) is 12.3 Å². The van der Waals surface area contributed by atoms with Crippen LogP contribution in [0.1, 0.15) is 29.8 Å². The number of hydrogen-bond donors (Lipinski definition) is 1. The van der Waals surface area contributed by atoms with Gasteiger partial charge in [0.2, 0.25) is 0 Å². The number of nitrogens with one attached hydrogen (secondary N) is 1. The van der Waals surface area contributed by atoms with Gasteiger partial charge in [0, 0.05) is 22.0 Å². The van der Waals surface area contributed by atoms with Crippen LogP contribution in [0.4, 0.5) is 0 Å². The second-order valence-corrected chi connectivity index (χ2v) is 6.28. The van der Waals surface area contributed by atoms with Gasteiger partial charge in [0.25, 0.3) is 5.91 Å². The van der Waals surface area contributed by atoms with E-state index in [-0.39, 0.29) is 5.91 Å². The Balaban J connectivity index is 1.91. The Morgan fingerprint density at radius 1 is 1.53 bits per heavy atom. The van der Waals surface area contributed by atoms with Crippen molar-refractivity contribution in [3.63, 3.8) is 0 Å². The molecule has 1 aliphatic rings. The molecule has 0 spiro atoms. The van der Waals surface area contributed by atoms with Crippen LogP contribution in [-0.4, -0.2) is 22.3 Å². The largest absolute Gasteiger partial charge is 0.350 e. The molecule has 0 aromatic carbocycles. The SMILES string of the molecule is O=C(NCC1CCCC1Br)c1ncccc1Br. The van der Waals surface area contributed by atoms with Gasteiger partial charge in [-0.15, -0.1) is 0 Å². The van der Waals surface area contributed by atoms with E-state index in [4.69, 9.17) is 0 Å². The Hall–Kier alpha value is -0.420. The van der Waals surface area contributed by atoms with Crippen LogP contribution >= 0.6 is 31.9 Å². The lowest BCUT2D eigenvalue weighted by molar-refractivity contribution is 0.0942. The van der Waals surface area contributed by atoms with Gasteiger partial charge in [0.05, 0.1) is 0 Å². The highest BCUT2D eigenvalue weighted by molar-refractivity contribution is 9.10. The minimum Gasteiger partial charge on any atom is -0.350 e. The third-order valence-corrected chi connectivity index (χ3v) is 4.91. The van der Waals surface area contributed by atoms with Crippen molar-refractivity contribution < 1.29 is 4.79 Å². The molecule has 1 aliphatic carbocycles. The Kier molecular flexibility index (Phi) is 4.56. The van der Waals surface area contributed by atoms with Crippen molar-refractivity contribution in [3.05, 3.63) is 28.5 Å². The van der Waals surface area contributed by atoms with E-state index in [0.717, 1.165) is 11.0 Å². The molecule has 17 heavy (non-hydrogen) atoms. The maximum absolute atomic E-state index is 11.9. The lowest BCUT2D eigenvalue weighted by Crippen LogP contribution is -2.31. The molecule has 1 aromatic rings. The standard InChI is InChI=1S/C12H14Br2N2O/c13-9-4-1-3-8(9)7-16-12(17)11-10(14)5-2-6-15-11/h2,5-6,8-9H,1,3-4,7H2,(H,16,17). The summed E-state index contributed by atoms with van der Waals surface area (Å²) in [5, 5.41) is 2.95. The summed E-state index contributed by atoms with van der Waals surface area (Å²) in [6.07, 6.45) is 5.25. The first-order valence-corrected chi connectivity index (χ1v) is 7.42. The first kappa shape index (κ1) is 13.0. The average molecular weight is 362 g/mol. The minimum absolute atomic E-state index is 0.107. The zero-order chi connectivity index (χ0) is 12.3. The van der Waals surface area contributed by atoms with Crippen LogP contribution in [0.3, 0.4) is 0 Å². The highest BCUT2D eigenvalue weighted by Gasteiger charge is 2.25. The molecule has 2 rings (SSSR count). The third kappa shape index (κ3) is 3.28. The number of halogens is 2. The third-order valence-electron chi connectivity index (χ3n) is 3.06. The van der Waals surface area contributed by atoms with Gasteiger partial charge in [0.1, 0.15) is 5.69 Å². The molecule has 1 fully saturated rings. The Morgan fingerprint density at radius 2 is 2.35 bits per heavy atom. The summed E-state index contributed by atoms with van der Waals surface area (Å²) < 4.78 is 0.735. The molecular weight excluding hydrogens is 348 g/mol. The lowest BCUT2D eigenvalue weighted by atomic mass is 10.1. The van der Waals surface area contributed by atoms with Crippen LogP contribution in [0.15, 0.2) is 22.8 Å². The topological polar surface area (TPSA) is 42.0 Å². The van der Waals surface area contributed by atoms with Crippen molar-refractivity contribution >= 4 is 37.8 Å². The first-order valence-electron chi connectivity index (χ1n) is 5.71. The van der Waals surface area contributed by atoms with Crippen LogP contribution in [-0.2, 0) is 0 Å². The molecule has 2 atom stereocenters. The highest BCUT2D eigenvalue weighted by Crippen LogP contribution is 2.30. The van der Waals surface area contributed by atoms with E-state index < -0.39 is 0 Å². The number of carbonyl (C=O) groups is 1. The molecule has 1 N–H and O–H groups in total. The van der Waals surface area contributed by atoms with Crippen molar-refractivity contribution in [2.75, 3.05) is 6.54 Å². The summed E-state index contributed by atoms with van der Waals surface area (Å²) in [7, 11) is 0. The number of aromatic nitrogens is 1. The van der Waals surface area contributed by atoms with E-state index >= 15 is 0 Å². The molecular formula is C12H14Br2N2O. The lowest BCUT2D eigenvalue weighted by Gasteiger charge is -2.14. The number of hydrogen-bond acceptors (Lipinski definition) is 2. The molecule has 5 heteroatoms. The predicted octanol–water partition coefficient (Wildman–Crippen LogP) is 3.14. The van der Waals surface area contributed by atoms with Gasteiger partial charge in [-0.25, -0.2) is 4.98 Å². The Labute approximate surface area is 118 Å². The zero-order valence-electron chi connectivity index (χ0n) is 9.33. The van der Waals surface area contributed by atoms with Gasteiger partial charge in [-0.1, -0.05) is 22.4 Å². The number of amides is 1. The number of alkyl halides is 1. The van der Waals surface area contributed by atoms with Crippen LogP contribution < -0.4 is 5.32 Å². The van der Waals surface area contributed by atoms with Crippen LogP contribution in [0.2, 0.25) is 0 Å². The summed E-state index contributed by atoms with van der Waals surface area (Å²) in [4.78, 5) is 16.5. The van der Waals surface area contributed by atoms with Gasteiger partial charge in [-0.3, -0.25) is 4.79 Å². The van der Waals surface area contributed by atoms with Gasteiger partial charge < -0.3 is 5.32 Å². The number of carbonyl (C=O) groups excluding carboxylic acids is 1. The van der Waals surface area contributed by atoms with Crippen molar-refractivity contribution in [1.82, 2.24) is 10.3 Å². The van der Waals surface area contributed by atoms with Crippen molar-refractivity contribution in [3.8, 4) is 0 Å². The molecule has 2 unspecified atom stereocenters. The molecule has 0 radical (unpaired) electrons. The highest BCUT2D eigenvalue weighted by atomic mass is 79.9. The summed E-state index contributed by atoms with van der Waals surface area (Å²) in [6.45, 7) is 0.720. The second-order valence-electron chi connectivity index (χ2n) is 4.25. The number of rotatable bonds is 3. The molecule has 92 valence electrons. The molecule has 0 bridgehead atoms. The maximum Gasteiger partial charge on any atom is 0.271 e. The summed E-state index contributed by atoms with van der Waals surface area (Å²) in [5.74, 6) is 0.436. The summed E-state index contributed by atoms with van der Waals surface area (Å²) in [5.41, 5.74) is 0.455. The van der Waals surface area contributed by atoms with Crippen LogP contribution in [0.5, 0.6) is 0 Å². The fourth-order valence-corrected chi connectivity index (χ4v) is 3.29. The van der Waals surface area contributed by atoms with E-state index in [9.17, 15) is 4.79 Å².